The van der Waals surface area contributed by atoms with Crippen LogP contribution in [0.25, 0.3) is 0 Å². The summed E-state index contributed by atoms with van der Waals surface area (Å²) in [6.07, 6.45) is 11.2. The molecule has 2 heteroatoms. The van der Waals surface area contributed by atoms with E-state index >= 15 is 0 Å². The van der Waals surface area contributed by atoms with Gasteiger partial charge in [0.25, 0.3) is 0 Å². The maximum absolute atomic E-state index is 11.7. The number of carbonyl (C=O) groups is 1. The van der Waals surface area contributed by atoms with Gasteiger partial charge in [-0.1, -0.05) is 18.1 Å². The summed E-state index contributed by atoms with van der Waals surface area (Å²) >= 11 is 0. The van der Waals surface area contributed by atoms with Crippen LogP contribution in [0.5, 0.6) is 0 Å². The highest BCUT2D eigenvalue weighted by atomic mass is 16.1. The smallest absolute Gasteiger partial charge is 0.155 e. The van der Waals surface area contributed by atoms with Crippen molar-refractivity contribution in [3.05, 3.63) is 22.8 Å². The zero-order chi connectivity index (χ0) is 16.2. The molecular formula is C21H27NO. The van der Waals surface area contributed by atoms with Crippen LogP contribution < -0.4 is 0 Å². The molecule has 122 valence electrons. The molecule has 0 heterocycles. The van der Waals surface area contributed by atoms with Gasteiger partial charge in [-0.3, -0.25) is 4.79 Å². The Balaban J connectivity index is 1.65. The fraction of sp³-hybridized carbons (Fsp3) is 0.714. The summed E-state index contributed by atoms with van der Waals surface area (Å²) in [7, 11) is 0. The Labute approximate surface area is 139 Å². The van der Waals surface area contributed by atoms with E-state index in [1.807, 2.05) is 13.0 Å². The molecule has 4 aliphatic rings. The first kappa shape index (κ1) is 15.2. The Morgan fingerprint density at radius 3 is 2.78 bits per heavy atom. The maximum atomic E-state index is 11.7. The minimum atomic E-state index is 0.271. The van der Waals surface area contributed by atoms with Gasteiger partial charge in [0.1, 0.15) is 0 Å². The van der Waals surface area contributed by atoms with Crippen molar-refractivity contribution in [3.63, 3.8) is 0 Å². The highest BCUT2D eigenvalue weighted by Gasteiger charge is 2.54. The molecule has 23 heavy (non-hydrogen) atoms. The van der Waals surface area contributed by atoms with Crippen molar-refractivity contribution in [2.24, 2.45) is 29.1 Å². The van der Waals surface area contributed by atoms with Crippen LogP contribution in [-0.4, -0.2) is 5.78 Å². The average molecular weight is 309 g/mol. The van der Waals surface area contributed by atoms with Gasteiger partial charge in [-0.05, 0) is 87.0 Å². The normalized spacial score (nSPS) is 44.6. The number of fused-ring (bicyclic) bond motifs is 5. The number of ketones is 1. The molecule has 0 aromatic rings. The molecule has 4 aliphatic carbocycles. The summed E-state index contributed by atoms with van der Waals surface area (Å²) in [6, 6.07) is 2.42. The second-order valence-corrected chi connectivity index (χ2v) is 8.51. The maximum Gasteiger partial charge on any atom is 0.155 e. The molecule has 0 amide bonds. The fourth-order valence-electron chi connectivity index (χ4n) is 6.68. The Morgan fingerprint density at radius 1 is 1.17 bits per heavy atom. The van der Waals surface area contributed by atoms with Crippen LogP contribution in [0.2, 0.25) is 0 Å². The summed E-state index contributed by atoms with van der Waals surface area (Å²) in [6.45, 7) is 4.45. The largest absolute Gasteiger partial charge is 0.295 e. The van der Waals surface area contributed by atoms with Crippen LogP contribution in [0.3, 0.4) is 0 Å². The summed E-state index contributed by atoms with van der Waals surface area (Å²) in [5.74, 6) is 3.40. The van der Waals surface area contributed by atoms with Crippen molar-refractivity contribution < 1.29 is 4.79 Å². The molecular weight excluding hydrogens is 282 g/mol. The third kappa shape index (κ3) is 2.16. The Bertz CT molecular complexity index is 649. The molecule has 0 spiro atoms. The molecule has 0 N–H and O–H groups in total. The van der Waals surface area contributed by atoms with Crippen molar-refractivity contribution >= 4 is 5.78 Å². The quantitative estimate of drug-likeness (QED) is 0.593. The number of hydrogen-bond acceptors (Lipinski definition) is 2. The molecule has 0 bridgehead atoms. The van der Waals surface area contributed by atoms with Crippen LogP contribution in [0.4, 0.5) is 0 Å². The van der Waals surface area contributed by atoms with Gasteiger partial charge in [0.2, 0.25) is 0 Å². The molecule has 3 saturated carbocycles. The zero-order valence-electron chi connectivity index (χ0n) is 14.4. The first-order valence-corrected chi connectivity index (χ1v) is 9.38. The molecule has 4 rings (SSSR count). The third-order valence-corrected chi connectivity index (χ3v) is 7.70. The van der Waals surface area contributed by atoms with E-state index in [2.05, 4.69) is 13.0 Å². The third-order valence-electron chi connectivity index (χ3n) is 7.70. The lowest BCUT2D eigenvalue weighted by Crippen LogP contribution is -2.45. The van der Waals surface area contributed by atoms with Gasteiger partial charge in [0, 0.05) is 12.0 Å². The number of nitrogens with zero attached hydrogens (tertiary/aromatic N) is 1. The summed E-state index contributed by atoms with van der Waals surface area (Å²) < 4.78 is 0. The van der Waals surface area contributed by atoms with Gasteiger partial charge >= 0.3 is 0 Å². The van der Waals surface area contributed by atoms with E-state index in [1.165, 1.54) is 36.8 Å². The molecule has 0 aromatic carbocycles. The topological polar surface area (TPSA) is 40.9 Å². The molecule has 5 atom stereocenters. The number of rotatable bonds is 0. The van der Waals surface area contributed by atoms with Gasteiger partial charge in [-0.25, -0.2) is 0 Å². The van der Waals surface area contributed by atoms with Crippen molar-refractivity contribution in [3.8, 4) is 6.07 Å². The van der Waals surface area contributed by atoms with E-state index in [0.29, 0.717) is 11.7 Å². The van der Waals surface area contributed by atoms with Crippen LogP contribution in [-0.2, 0) is 4.79 Å². The summed E-state index contributed by atoms with van der Waals surface area (Å²) in [4.78, 5) is 11.7. The molecule has 0 radical (unpaired) electrons. The van der Waals surface area contributed by atoms with E-state index in [0.717, 1.165) is 49.0 Å². The lowest BCUT2D eigenvalue weighted by atomic mass is 9.52. The van der Waals surface area contributed by atoms with Crippen LogP contribution in [0, 0.1) is 40.4 Å². The standard InChI is InChI=1S/C21H27NO/c1-13(12-22)19-7-8-20-18-5-3-14-11-15(23)4-6-16(14)17(18)9-10-21(19,20)2/h11,16-18,20H,3-10H2,1-2H3/b19-13-/t16-,17+,18+,20-,21+/m0/s1. The van der Waals surface area contributed by atoms with Crippen molar-refractivity contribution in [1.82, 2.24) is 0 Å². The molecule has 0 saturated heterocycles. The van der Waals surface area contributed by atoms with Gasteiger partial charge in [0.05, 0.1) is 6.07 Å². The fourth-order valence-corrected chi connectivity index (χ4v) is 6.68. The Morgan fingerprint density at radius 2 is 2.00 bits per heavy atom. The van der Waals surface area contributed by atoms with E-state index in [4.69, 9.17) is 0 Å². The predicted octanol–water partition coefficient (Wildman–Crippen LogP) is 4.97. The van der Waals surface area contributed by atoms with Crippen LogP contribution >= 0.6 is 0 Å². The molecule has 3 fully saturated rings. The highest BCUT2D eigenvalue weighted by molar-refractivity contribution is 5.91. The van der Waals surface area contributed by atoms with E-state index < -0.39 is 0 Å². The van der Waals surface area contributed by atoms with Gasteiger partial charge < -0.3 is 0 Å². The minimum absolute atomic E-state index is 0.271. The Kier molecular flexibility index (Phi) is 3.52. The van der Waals surface area contributed by atoms with Gasteiger partial charge in [0.15, 0.2) is 5.78 Å². The average Bonchev–Trinajstić information content (AvgIpc) is 2.90. The first-order valence-electron chi connectivity index (χ1n) is 9.38. The lowest BCUT2D eigenvalue weighted by Gasteiger charge is -2.53. The number of hydrogen-bond donors (Lipinski definition) is 0. The Hall–Kier alpha value is -1.36. The number of carbonyl (C=O) groups excluding carboxylic acids is 1. The van der Waals surface area contributed by atoms with E-state index in [1.54, 1.807) is 0 Å². The lowest BCUT2D eigenvalue weighted by molar-refractivity contribution is -0.115. The van der Waals surface area contributed by atoms with Crippen LogP contribution in [0.1, 0.15) is 65.2 Å². The summed E-state index contributed by atoms with van der Waals surface area (Å²) in [5.41, 5.74) is 4.18. The predicted molar refractivity (Wildman–Crippen MR) is 90.4 cm³/mol. The zero-order valence-corrected chi connectivity index (χ0v) is 14.4. The van der Waals surface area contributed by atoms with Gasteiger partial charge in [-0.15, -0.1) is 0 Å². The van der Waals surface area contributed by atoms with Crippen molar-refractivity contribution in [1.29, 1.82) is 5.26 Å². The minimum Gasteiger partial charge on any atom is -0.295 e. The molecule has 0 aliphatic heterocycles. The second-order valence-electron chi connectivity index (χ2n) is 8.51. The van der Waals surface area contributed by atoms with E-state index in [9.17, 15) is 10.1 Å². The van der Waals surface area contributed by atoms with Crippen molar-refractivity contribution in [2.75, 3.05) is 0 Å². The second kappa shape index (κ2) is 5.33. The molecule has 2 nitrogen and oxygen atoms in total. The number of nitriles is 1. The van der Waals surface area contributed by atoms with E-state index in [-0.39, 0.29) is 5.41 Å². The first-order chi connectivity index (χ1) is 11.0. The van der Waals surface area contributed by atoms with Gasteiger partial charge in [-0.2, -0.15) is 5.26 Å². The molecule has 0 aromatic heterocycles. The monoisotopic (exact) mass is 309 g/mol. The van der Waals surface area contributed by atoms with Crippen LogP contribution in [0.15, 0.2) is 22.8 Å². The molecule has 0 unspecified atom stereocenters. The highest BCUT2D eigenvalue weighted by Crippen LogP contribution is 2.63. The SMILES string of the molecule is C/C(C#N)=C1\CC[C@H]2[C@@H]3CCC4=CC(=O)CC[C@@H]4[C@H]3CC[C@]12C. The van der Waals surface area contributed by atoms with Crippen molar-refractivity contribution in [2.45, 2.75) is 65.2 Å². The number of allylic oxidation sites excluding steroid dienone is 3. The summed E-state index contributed by atoms with van der Waals surface area (Å²) in [5, 5.41) is 9.36.